The van der Waals surface area contributed by atoms with Gasteiger partial charge in [-0.05, 0) is 49.1 Å². The quantitative estimate of drug-likeness (QED) is 0.340. The van der Waals surface area contributed by atoms with Gasteiger partial charge in [0, 0.05) is 41.0 Å². The number of rotatable bonds is 10. The predicted octanol–water partition coefficient (Wildman–Crippen LogP) is 2.86. The fourth-order valence-electron chi connectivity index (χ4n) is 4.12. The largest absolute Gasteiger partial charge is 0.548 e. The molecule has 0 saturated carbocycles. The highest BCUT2D eigenvalue weighted by molar-refractivity contribution is 5.88. The summed E-state index contributed by atoms with van der Waals surface area (Å²) < 4.78 is 11.1. The van der Waals surface area contributed by atoms with Crippen LogP contribution in [0.5, 0.6) is 5.75 Å². The Morgan fingerprint density at radius 3 is 2.69 bits per heavy atom. The van der Waals surface area contributed by atoms with Crippen molar-refractivity contribution in [3.05, 3.63) is 76.3 Å². The third-order valence-electron chi connectivity index (χ3n) is 5.98. The van der Waals surface area contributed by atoms with E-state index in [1.165, 1.54) is 13.0 Å². The summed E-state index contributed by atoms with van der Waals surface area (Å²) in [6.45, 7) is 3.60. The molecule has 8 heteroatoms. The Morgan fingerprint density at radius 2 is 1.91 bits per heavy atom. The first-order chi connectivity index (χ1) is 16.9. The number of ether oxygens (including phenoxy) is 1. The van der Waals surface area contributed by atoms with Gasteiger partial charge in [0.05, 0.1) is 12.0 Å². The molecular formula is C27H27N2O6-. The second kappa shape index (κ2) is 10.5. The number of fused-ring (bicyclic) bond motifs is 2. The number of aromatic nitrogens is 1. The molecule has 2 N–H and O–H groups in total. The van der Waals surface area contributed by atoms with E-state index in [2.05, 4.69) is 17.2 Å². The molecule has 0 saturated heterocycles. The summed E-state index contributed by atoms with van der Waals surface area (Å²) in [6, 6.07) is 12.8. The van der Waals surface area contributed by atoms with Gasteiger partial charge in [-0.25, -0.2) is 4.79 Å². The zero-order chi connectivity index (χ0) is 24.9. The van der Waals surface area contributed by atoms with Gasteiger partial charge < -0.3 is 29.4 Å². The fraction of sp³-hybridized carbons (Fsp3) is 0.296. The number of carbonyl (C=O) groups excluding carboxylic acids is 2. The number of amides is 1. The number of aliphatic carboxylic acids is 1. The lowest BCUT2D eigenvalue weighted by atomic mass is 10.0. The standard InChI is InChI=1S/C27H28N2O6/c1-3-4-7-17-13-25(30)35-24-14-19(10-11-21(17)24)34-16(2)26(31)29-23(27(32)33)12-18-15-28-22-9-6-5-8-20(18)22/h5-6,8-11,13-16,23,28H,3-4,7,12H2,1-2H3,(H,29,31)(H,32,33)/p-1/t16-,23-/m0/s1. The maximum Gasteiger partial charge on any atom is 0.336 e. The van der Waals surface area contributed by atoms with Crippen molar-refractivity contribution in [3.8, 4) is 5.75 Å². The average molecular weight is 476 g/mol. The van der Waals surface area contributed by atoms with Gasteiger partial charge in [0.15, 0.2) is 6.10 Å². The number of hydrogen-bond acceptors (Lipinski definition) is 6. The lowest BCUT2D eigenvalue weighted by Gasteiger charge is -2.22. The summed E-state index contributed by atoms with van der Waals surface area (Å²) in [5.41, 5.74) is 2.47. The maximum absolute atomic E-state index is 12.7. The minimum atomic E-state index is -1.39. The highest BCUT2D eigenvalue weighted by Gasteiger charge is 2.22. The van der Waals surface area contributed by atoms with E-state index in [0.717, 1.165) is 46.7 Å². The van der Waals surface area contributed by atoms with E-state index in [9.17, 15) is 19.5 Å². The van der Waals surface area contributed by atoms with Crippen LogP contribution in [0.25, 0.3) is 21.9 Å². The lowest BCUT2D eigenvalue weighted by Crippen LogP contribution is -2.52. The van der Waals surface area contributed by atoms with Crippen LogP contribution in [0, 0.1) is 0 Å². The van der Waals surface area contributed by atoms with Crippen LogP contribution in [-0.2, 0) is 22.4 Å². The zero-order valence-electron chi connectivity index (χ0n) is 19.6. The van der Waals surface area contributed by atoms with Crippen LogP contribution in [0.3, 0.4) is 0 Å². The van der Waals surface area contributed by atoms with Crippen molar-refractivity contribution in [1.29, 1.82) is 0 Å². The van der Waals surface area contributed by atoms with Crippen molar-refractivity contribution in [2.75, 3.05) is 0 Å². The average Bonchev–Trinajstić information content (AvgIpc) is 3.24. The van der Waals surface area contributed by atoms with Gasteiger partial charge in [-0.3, -0.25) is 4.79 Å². The smallest absolute Gasteiger partial charge is 0.336 e. The molecule has 2 atom stereocenters. The molecule has 4 rings (SSSR count). The Labute approximate surface area is 201 Å². The highest BCUT2D eigenvalue weighted by Crippen LogP contribution is 2.25. The number of carboxylic acid groups (broad SMARTS) is 1. The SMILES string of the molecule is CCCCc1cc(=O)oc2cc(O[C@@H](C)C(=O)N[C@@H](Cc3c[nH]c4ccccc34)C(=O)[O-])ccc12. The zero-order valence-corrected chi connectivity index (χ0v) is 19.6. The number of unbranched alkanes of at least 4 members (excludes halogenated alkanes) is 1. The first-order valence-corrected chi connectivity index (χ1v) is 11.7. The number of H-pyrrole nitrogens is 1. The predicted molar refractivity (Wildman–Crippen MR) is 130 cm³/mol. The van der Waals surface area contributed by atoms with E-state index < -0.39 is 29.6 Å². The lowest BCUT2D eigenvalue weighted by molar-refractivity contribution is -0.308. The van der Waals surface area contributed by atoms with Gasteiger partial charge in [0.2, 0.25) is 0 Å². The van der Waals surface area contributed by atoms with Crippen molar-refractivity contribution < 1.29 is 23.8 Å². The number of benzene rings is 2. The molecule has 35 heavy (non-hydrogen) atoms. The topological polar surface area (TPSA) is 124 Å². The van der Waals surface area contributed by atoms with Gasteiger partial charge in [-0.2, -0.15) is 0 Å². The second-order valence-corrected chi connectivity index (χ2v) is 8.56. The van der Waals surface area contributed by atoms with Crippen molar-refractivity contribution in [1.82, 2.24) is 10.3 Å². The van der Waals surface area contributed by atoms with Crippen molar-refractivity contribution in [3.63, 3.8) is 0 Å². The van der Waals surface area contributed by atoms with Gasteiger partial charge in [-0.1, -0.05) is 31.5 Å². The van der Waals surface area contributed by atoms with Crippen molar-refractivity contribution in [2.45, 2.75) is 51.7 Å². The van der Waals surface area contributed by atoms with E-state index in [1.54, 1.807) is 24.4 Å². The van der Waals surface area contributed by atoms with Gasteiger partial charge in [0.1, 0.15) is 11.3 Å². The minimum absolute atomic E-state index is 0.0620. The number of nitrogens with one attached hydrogen (secondary N) is 2. The molecule has 0 aliphatic rings. The Bertz CT molecular complexity index is 1420. The monoisotopic (exact) mass is 475 g/mol. The van der Waals surface area contributed by atoms with E-state index in [4.69, 9.17) is 9.15 Å². The summed E-state index contributed by atoms with van der Waals surface area (Å²) in [6.07, 6.45) is 3.51. The number of carbonyl (C=O) groups is 2. The van der Waals surface area contributed by atoms with E-state index in [1.807, 2.05) is 24.3 Å². The fourth-order valence-corrected chi connectivity index (χ4v) is 4.12. The number of hydrogen-bond donors (Lipinski definition) is 2. The minimum Gasteiger partial charge on any atom is -0.548 e. The third-order valence-corrected chi connectivity index (χ3v) is 5.98. The summed E-state index contributed by atoms with van der Waals surface area (Å²) in [5.74, 6) is -1.65. The van der Waals surface area contributed by atoms with Crippen LogP contribution < -0.4 is 20.8 Å². The van der Waals surface area contributed by atoms with Crippen molar-refractivity contribution >= 4 is 33.7 Å². The molecule has 0 unspecified atom stereocenters. The molecule has 182 valence electrons. The molecule has 8 nitrogen and oxygen atoms in total. The molecule has 2 aromatic carbocycles. The van der Waals surface area contributed by atoms with Gasteiger partial charge >= 0.3 is 5.63 Å². The van der Waals surface area contributed by atoms with Gasteiger partial charge in [0.25, 0.3) is 5.91 Å². The normalized spacial score (nSPS) is 13.0. The summed E-state index contributed by atoms with van der Waals surface area (Å²) in [7, 11) is 0. The Balaban J connectivity index is 1.46. The van der Waals surface area contributed by atoms with E-state index >= 15 is 0 Å². The Hall–Kier alpha value is -4.07. The van der Waals surface area contributed by atoms with E-state index in [-0.39, 0.29) is 6.42 Å². The molecule has 0 bridgehead atoms. The Kier molecular flexibility index (Phi) is 7.19. The molecule has 0 aliphatic heterocycles. The molecule has 2 heterocycles. The summed E-state index contributed by atoms with van der Waals surface area (Å²) >= 11 is 0. The molecule has 0 spiro atoms. The molecule has 2 aromatic heterocycles. The van der Waals surface area contributed by atoms with Crippen LogP contribution in [0.4, 0.5) is 0 Å². The molecule has 0 fully saturated rings. The van der Waals surface area contributed by atoms with Crippen LogP contribution in [0.2, 0.25) is 0 Å². The first-order valence-electron chi connectivity index (χ1n) is 11.7. The summed E-state index contributed by atoms with van der Waals surface area (Å²) in [5, 5.41) is 15.9. The second-order valence-electron chi connectivity index (χ2n) is 8.56. The molecule has 0 aliphatic carbocycles. The number of para-hydroxylation sites is 1. The molecular weight excluding hydrogens is 448 g/mol. The Morgan fingerprint density at radius 1 is 1.11 bits per heavy atom. The van der Waals surface area contributed by atoms with Gasteiger partial charge in [-0.15, -0.1) is 0 Å². The highest BCUT2D eigenvalue weighted by atomic mass is 16.5. The molecule has 0 radical (unpaired) electrons. The number of aromatic amines is 1. The third kappa shape index (κ3) is 5.54. The maximum atomic E-state index is 12.7. The van der Waals surface area contributed by atoms with Crippen LogP contribution in [0.15, 0.2) is 63.9 Å². The van der Waals surface area contributed by atoms with Crippen LogP contribution in [-0.4, -0.2) is 29.0 Å². The van der Waals surface area contributed by atoms with Crippen molar-refractivity contribution in [2.24, 2.45) is 0 Å². The van der Waals surface area contributed by atoms with E-state index in [0.29, 0.717) is 11.3 Å². The summed E-state index contributed by atoms with van der Waals surface area (Å²) in [4.78, 5) is 39.5. The van der Waals surface area contributed by atoms with Crippen LogP contribution >= 0.6 is 0 Å². The first kappa shape index (κ1) is 24.1. The number of carboxylic acids is 1. The van der Waals surface area contributed by atoms with Crippen LogP contribution in [0.1, 0.15) is 37.8 Å². The number of aryl methyl sites for hydroxylation is 1. The molecule has 4 aromatic rings. The molecule has 1 amide bonds.